The van der Waals surface area contributed by atoms with Crippen LogP contribution in [0.5, 0.6) is 0 Å². The third-order valence-electron chi connectivity index (χ3n) is 1.11. The Morgan fingerprint density at radius 3 is 2.33 bits per heavy atom. The van der Waals surface area contributed by atoms with E-state index in [4.69, 9.17) is 5.41 Å². The zero-order chi connectivity index (χ0) is 9.56. The fraction of sp³-hybridized carbons (Fsp3) is 0.625. The summed E-state index contributed by atoms with van der Waals surface area (Å²) >= 11 is 0. The van der Waals surface area contributed by atoms with Gasteiger partial charge in [0.1, 0.15) is 12.2 Å². The van der Waals surface area contributed by atoms with Crippen LogP contribution >= 0.6 is 0 Å². The van der Waals surface area contributed by atoms with Crippen molar-refractivity contribution in [1.29, 1.82) is 5.41 Å². The molecule has 0 bridgehead atoms. The number of hydrogen-bond donors (Lipinski definition) is 1. The molecule has 0 aromatic heterocycles. The maximum Gasteiger partial charge on any atom is 0.313 e. The second kappa shape index (κ2) is 5.46. The van der Waals surface area contributed by atoms with Crippen LogP contribution in [0.25, 0.3) is 0 Å². The molecule has 1 N–H and O–H groups in total. The molecule has 12 heavy (non-hydrogen) atoms. The molecule has 0 heterocycles. The predicted molar refractivity (Wildman–Crippen MR) is 44.3 cm³/mol. The molecule has 0 spiro atoms. The smallest absolute Gasteiger partial charge is 0.313 e. The second-order valence-electron chi connectivity index (χ2n) is 2.48. The van der Waals surface area contributed by atoms with Gasteiger partial charge in [0.05, 0.1) is 6.61 Å². The zero-order valence-corrected chi connectivity index (χ0v) is 7.35. The number of ether oxygens (including phenoxy) is 1. The van der Waals surface area contributed by atoms with Crippen molar-refractivity contribution in [2.45, 2.75) is 26.7 Å². The molecule has 0 atom stereocenters. The van der Waals surface area contributed by atoms with Gasteiger partial charge in [-0.25, -0.2) is 0 Å². The third kappa shape index (κ3) is 5.58. The predicted octanol–water partition coefficient (Wildman–Crippen LogP) is 0.938. The number of hydrogen-bond acceptors (Lipinski definition) is 4. The van der Waals surface area contributed by atoms with Crippen molar-refractivity contribution in [2.24, 2.45) is 0 Å². The molecule has 0 rings (SSSR count). The first-order chi connectivity index (χ1) is 5.56. The Kier molecular flexibility index (Phi) is 4.92. The topological polar surface area (TPSA) is 67.2 Å². The van der Waals surface area contributed by atoms with Gasteiger partial charge in [-0.15, -0.1) is 0 Å². The van der Waals surface area contributed by atoms with Crippen LogP contribution in [0, 0.1) is 5.41 Å². The first-order valence-corrected chi connectivity index (χ1v) is 3.77. The lowest BCUT2D eigenvalue weighted by Gasteiger charge is -1.99. The molecule has 4 nitrogen and oxygen atoms in total. The Bertz CT molecular complexity index is 198. The van der Waals surface area contributed by atoms with Crippen molar-refractivity contribution < 1.29 is 14.3 Å². The minimum atomic E-state index is -0.510. The molecular weight excluding hydrogens is 158 g/mol. The Hall–Kier alpha value is -1.19. The van der Waals surface area contributed by atoms with Crippen molar-refractivity contribution in [2.75, 3.05) is 6.61 Å². The van der Waals surface area contributed by atoms with Crippen LogP contribution in [-0.4, -0.2) is 24.1 Å². The Balaban J connectivity index is 3.69. The van der Waals surface area contributed by atoms with Crippen LogP contribution in [0.2, 0.25) is 0 Å². The summed E-state index contributed by atoms with van der Waals surface area (Å²) in [5, 5.41) is 7.00. The molecule has 0 saturated carbocycles. The highest BCUT2D eigenvalue weighted by atomic mass is 16.5. The number of ketones is 1. The number of carbonyl (C=O) groups is 2. The highest BCUT2D eigenvalue weighted by molar-refractivity contribution is 6.05. The highest BCUT2D eigenvalue weighted by Crippen LogP contribution is 1.94. The molecule has 68 valence electrons. The van der Waals surface area contributed by atoms with Crippen molar-refractivity contribution in [3.8, 4) is 0 Å². The van der Waals surface area contributed by atoms with E-state index < -0.39 is 5.97 Å². The summed E-state index contributed by atoms with van der Waals surface area (Å²) in [6.07, 6.45) is -0.178. The first kappa shape index (κ1) is 10.8. The van der Waals surface area contributed by atoms with E-state index in [-0.39, 0.29) is 30.9 Å². The summed E-state index contributed by atoms with van der Waals surface area (Å²) in [6.45, 7) is 3.50. The molecule has 0 aliphatic rings. The normalized spacial score (nSPS) is 9.17. The Labute approximate surface area is 71.4 Å². The van der Waals surface area contributed by atoms with E-state index in [0.29, 0.717) is 0 Å². The fourth-order valence-electron chi connectivity index (χ4n) is 0.731. The zero-order valence-electron chi connectivity index (χ0n) is 7.35. The lowest BCUT2D eigenvalue weighted by Crippen LogP contribution is -2.12. The molecule has 0 aromatic carbocycles. The molecule has 0 aliphatic heterocycles. The van der Waals surface area contributed by atoms with Crippen LogP contribution in [0.3, 0.4) is 0 Å². The first-order valence-electron chi connectivity index (χ1n) is 3.77. The van der Waals surface area contributed by atoms with Gasteiger partial charge in [-0.2, -0.15) is 0 Å². The molecule has 0 saturated heterocycles. The summed E-state index contributed by atoms with van der Waals surface area (Å²) in [6, 6.07) is 0. The van der Waals surface area contributed by atoms with E-state index in [1.807, 2.05) is 0 Å². The fourth-order valence-corrected chi connectivity index (χ4v) is 0.731. The summed E-state index contributed by atoms with van der Waals surface area (Å²) in [5.41, 5.74) is 0.268. The second-order valence-corrected chi connectivity index (χ2v) is 2.48. The van der Waals surface area contributed by atoms with Gasteiger partial charge in [0.2, 0.25) is 0 Å². The lowest BCUT2D eigenvalue weighted by atomic mass is 10.1. The standard InChI is InChI=1S/C8H13NO3/c1-3-12-8(11)5-7(10)4-6(2)9/h9H,3-5H2,1-2H3. The van der Waals surface area contributed by atoms with Gasteiger partial charge in [0.25, 0.3) is 0 Å². The minimum absolute atomic E-state index is 0.0405. The SMILES string of the molecule is CCOC(=O)CC(=O)CC(C)=N. The van der Waals surface area contributed by atoms with Crippen LogP contribution in [0.4, 0.5) is 0 Å². The molecule has 0 aromatic rings. The van der Waals surface area contributed by atoms with E-state index in [1.165, 1.54) is 6.92 Å². The van der Waals surface area contributed by atoms with E-state index in [1.54, 1.807) is 6.92 Å². The largest absolute Gasteiger partial charge is 0.466 e. The van der Waals surface area contributed by atoms with Crippen molar-refractivity contribution in [1.82, 2.24) is 0 Å². The number of rotatable bonds is 5. The molecule has 0 fully saturated rings. The van der Waals surface area contributed by atoms with E-state index >= 15 is 0 Å². The van der Waals surface area contributed by atoms with Crippen LogP contribution in [0.15, 0.2) is 0 Å². The summed E-state index contributed by atoms with van der Waals surface area (Å²) in [5.74, 6) is -0.773. The summed E-state index contributed by atoms with van der Waals surface area (Å²) < 4.78 is 4.56. The van der Waals surface area contributed by atoms with Crippen LogP contribution in [-0.2, 0) is 14.3 Å². The molecule has 0 aliphatic carbocycles. The van der Waals surface area contributed by atoms with Crippen molar-refractivity contribution >= 4 is 17.5 Å². The van der Waals surface area contributed by atoms with Gasteiger partial charge < -0.3 is 10.1 Å². The van der Waals surface area contributed by atoms with Crippen LogP contribution in [0.1, 0.15) is 26.7 Å². The molecule has 0 radical (unpaired) electrons. The average Bonchev–Trinajstić information content (AvgIpc) is 1.84. The quantitative estimate of drug-likeness (QED) is 0.380. The maximum absolute atomic E-state index is 10.9. The van der Waals surface area contributed by atoms with Gasteiger partial charge in [-0.3, -0.25) is 9.59 Å². The Morgan fingerprint density at radius 1 is 1.33 bits per heavy atom. The number of esters is 1. The van der Waals surface area contributed by atoms with Crippen molar-refractivity contribution in [3.63, 3.8) is 0 Å². The summed E-state index contributed by atoms with van der Waals surface area (Å²) in [4.78, 5) is 21.6. The highest BCUT2D eigenvalue weighted by Gasteiger charge is 2.10. The lowest BCUT2D eigenvalue weighted by molar-refractivity contribution is -0.145. The molecule has 0 unspecified atom stereocenters. The maximum atomic E-state index is 10.9. The molecule has 4 heteroatoms. The van der Waals surface area contributed by atoms with Gasteiger partial charge in [0.15, 0.2) is 0 Å². The molecular formula is C8H13NO3. The third-order valence-corrected chi connectivity index (χ3v) is 1.11. The number of nitrogens with one attached hydrogen (secondary N) is 1. The molecule has 0 amide bonds. The van der Waals surface area contributed by atoms with Crippen molar-refractivity contribution in [3.05, 3.63) is 0 Å². The van der Waals surface area contributed by atoms with Gasteiger partial charge in [-0.05, 0) is 13.8 Å². The van der Waals surface area contributed by atoms with Crippen LogP contribution < -0.4 is 0 Å². The van der Waals surface area contributed by atoms with Gasteiger partial charge in [0, 0.05) is 12.1 Å². The van der Waals surface area contributed by atoms with E-state index in [9.17, 15) is 9.59 Å². The average molecular weight is 171 g/mol. The number of carbonyl (C=O) groups excluding carboxylic acids is 2. The van der Waals surface area contributed by atoms with Gasteiger partial charge in [-0.1, -0.05) is 0 Å². The number of Topliss-reactive ketones (excluding diaryl/α,β-unsaturated/α-hetero) is 1. The monoisotopic (exact) mass is 171 g/mol. The minimum Gasteiger partial charge on any atom is -0.466 e. The van der Waals surface area contributed by atoms with E-state index in [2.05, 4.69) is 4.74 Å². The Morgan fingerprint density at radius 2 is 1.92 bits per heavy atom. The van der Waals surface area contributed by atoms with Gasteiger partial charge >= 0.3 is 5.97 Å². The van der Waals surface area contributed by atoms with E-state index in [0.717, 1.165) is 0 Å². The summed E-state index contributed by atoms with van der Waals surface area (Å²) in [7, 11) is 0.